The summed E-state index contributed by atoms with van der Waals surface area (Å²) in [6.07, 6.45) is -0.340. The summed E-state index contributed by atoms with van der Waals surface area (Å²) in [5.41, 5.74) is 5.12. The molecule has 0 fully saturated rings. The van der Waals surface area contributed by atoms with E-state index in [9.17, 15) is 9.50 Å². The first-order valence-electron chi connectivity index (χ1n) is 4.62. The molecular formula is C10H14BrFN2O. The third-order valence-corrected chi connectivity index (χ3v) is 2.51. The minimum absolute atomic E-state index is 0.165. The maximum atomic E-state index is 13.5. The Balaban J connectivity index is 3.08. The molecule has 0 aromatic carbocycles. The van der Waals surface area contributed by atoms with Crippen molar-refractivity contribution in [2.75, 3.05) is 0 Å². The molecule has 0 bridgehead atoms. The number of nitrogens with two attached hydrogens (primary N) is 1. The van der Waals surface area contributed by atoms with Crippen LogP contribution in [0.25, 0.3) is 0 Å². The number of aliphatic hydroxyl groups excluding tert-OH is 1. The summed E-state index contributed by atoms with van der Waals surface area (Å²) >= 11 is 3.16. The smallest absolute Gasteiger partial charge is 0.146 e. The van der Waals surface area contributed by atoms with Gasteiger partial charge in [0.2, 0.25) is 0 Å². The van der Waals surface area contributed by atoms with E-state index in [1.807, 2.05) is 0 Å². The Morgan fingerprint density at radius 3 is 2.80 bits per heavy atom. The van der Waals surface area contributed by atoms with E-state index in [0.717, 1.165) is 0 Å². The second-order valence-corrected chi connectivity index (χ2v) is 4.75. The van der Waals surface area contributed by atoms with Gasteiger partial charge in [-0.05, 0) is 48.3 Å². The molecule has 0 aliphatic heterocycles. The van der Waals surface area contributed by atoms with Gasteiger partial charge in [0.15, 0.2) is 0 Å². The molecule has 0 unspecified atom stereocenters. The number of nitrogens with zero attached hydrogens (tertiary/aromatic N) is 1. The van der Waals surface area contributed by atoms with E-state index in [1.165, 1.54) is 12.1 Å². The van der Waals surface area contributed by atoms with Crippen molar-refractivity contribution in [3.8, 4) is 0 Å². The second-order valence-electron chi connectivity index (χ2n) is 3.94. The number of aliphatic hydroxyl groups is 1. The van der Waals surface area contributed by atoms with Crippen molar-refractivity contribution in [1.82, 2.24) is 4.98 Å². The highest BCUT2D eigenvalue weighted by molar-refractivity contribution is 9.10. The number of hydrogen-bond donors (Lipinski definition) is 2. The fraction of sp³-hybridized carbons (Fsp3) is 0.500. The molecule has 0 aliphatic rings. The molecular weight excluding hydrogens is 263 g/mol. The summed E-state index contributed by atoms with van der Waals surface area (Å²) in [7, 11) is 0. The van der Waals surface area contributed by atoms with Gasteiger partial charge in [-0.15, -0.1) is 0 Å². The highest BCUT2D eigenvalue weighted by Crippen LogP contribution is 2.25. The molecule has 3 N–H and O–H groups in total. The van der Waals surface area contributed by atoms with Gasteiger partial charge in [-0.2, -0.15) is 0 Å². The Bertz CT molecular complexity index is 355. The van der Waals surface area contributed by atoms with E-state index in [2.05, 4.69) is 20.9 Å². The third kappa shape index (κ3) is 3.22. The van der Waals surface area contributed by atoms with Gasteiger partial charge in [-0.3, -0.25) is 0 Å². The molecule has 5 heteroatoms. The standard InChI is InChI=1S/C10H14BrFN2O/c1-6(15)5-10(2,13)9-7(12)3-4-8(11)14-9/h3-4,6,15H,5,13H2,1-2H3/t6-,10+/m0/s1. The molecule has 0 saturated heterocycles. The lowest BCUT2D eigenvalue weighted by Crippen LogP contribution is -2.38. The van der Waals surface area contributed by atoms with Crippen LogP contribution in [0.4, 0.5) is 4.39 Å². The van der Waals surface area contributed by atoms with Crippen LogP contribution in [0.5, 0.6) is 0 Å². The summed E-state index contributed by atoms with van der Waals surface area (Å²) in [6, 6.07) is 2.82. The molecule has 2 atom stereocenters. The first-order valence-corrected chi connectivity index (χ1v) is 5.41. The predicted octanol–water partition coefficient (Wildman–Crippen LogP) is 1.93. The second kappa shape index (κ2) is 4.55. The molecule has 0 amide bonds. The Labute approximate surface area is 96.6 Å². The number of rotatable bonds is 3. The largest absolute Gasteiger partial charge is 0.393 e. The average molecular weight is 277 g/mol. The number of aromatic nitrogens is 1. The van der Waals surface area contributed by atoms with Crippen LogP contribution in [0.1, 0.15) is 26.0 Å². The maximum Gasteiger partial charge on any atom is 0.146 e. The zero-order valence-corrected chi connectivity index (χ0v) is 10.3. The maximum absolute atomic E-state index is 13.5. The SMILES string of the molecule is C[C@H](O)C[C@@](C)(N)c1nc(Br)ccc1F. The van der Waals surface area contributed by atoms with Gasteiger partial charge in [-0.25, -0.2) is 9.37 Å². The van der Waals surface area contributed by atoms with Crippen LogP contribution in [0.15, 0.2) is 16.7 Å². The third-order valence-electron chi connectivity index (χ3n) is 2.07. The summed E-state index contributed by atoms with van der Waals surface area (Å²) in [6.45, 7) is 3.26. The van der Waals surface area contributed by atoms with Gasteiger partial charge in [-0.1, -0.05) is 0 Å². The van der Waals surface area contributed by atoms with Crippen molar-refractivity contribution in [3.05, 3.63) is 28.2 Å². The van der Waals surface area contributed by atoms with E-state index in [-0.39, 0.29) is 12.1 Å². The highest BCUT2D eigenvalue weighted by atomic mass is 79.9. The van der Waals surface area contributed by atoms with Crippen molar-refractivity contribution in [1.29, 1.82) is 0 Å². The van der Waals surface area contributed by atoms with Crippen LogP contribution in [-0.4, -0.2) is 16.2 Å². The van der Waals surface area contributed by atoms with Crippen LogP contribution in [0, 0.1) is 5.82 Å². The molecule has 84 valence electrons. The molecule has 15 heavy (non-hydrogen) atoms. The Morgan fingerprint density at radius 1 is 1.67 bits per heavy atom. The molecule has 0 radical (unpaired) electrons. The minimum atomic E-state index is -0.970. The van der Waals surface area contributed by atoms with Gasteiger partial charge in [0.1, 0.15) is 10.4 Å². The molecule has 1 aromatic rings. The molecule has 3 nitrogen and oxygen atoms in total. The van der Waals surface area contributed by atoms with E-state index >= 15 is 0 Å². The lowest BCUT2D eigenvalue weighted by Gasteiger charge is -2.25. The number of halogens is 2. The predicted molar refractivity (Wildman–Crippen MR) is 59.7 cm³/mol. The van der Waals surface area contributed by atoms with E-state index in [1.54, 1.807) is 13.8 Å². The van der Waals surface area contributed by atoms with Crippen LogP contribution in [0.3, 0.4) is 0 Å². The van der Waals surface area contributed by atoms with E-state index < -0.39 is 17.5 Å². The molecule has 0 saturated carbocycles. The number of hydrogen-bond acceptors (Lipinski definition) is 3. The monoisotopic (exact) mass is 276 g/mol. The van der Waals surface area contributed by atoms with E-state index in [0.29, 0.717) is 4.60 Å². The van der Waals surface area contributed by atoms with Crippen molar-refractivity contribution in [3.63, 3.8) is 0 Å². The Kier molecular flexibility index (Phi) is 3.81. The number of pyridine rings is 1. The first-order chi connectivity index (χ1) is 6.83. The average Bonchev–Trinajstić information content (AvgIpc) is 2.06. The molecule has 1 rings (SSSR count). The Morgan fingerprint density at radius 2 is 2.27 bits per heavy atom. The summed E-state index contributed by atoms with van der Waals surface area (Å²) in [5.74, 6) is -0.455. The van der Waals surface area contributed by atoms with Gasteiger partial charge >= 0.3 is 0 Å². The highest BCUT2D eigenvalue weighted by Gasteiger charge is 2.28. The van der Waals surface area contributed by atoms with Crippen molar-refractivity contribution < 1.29 is 9.50 Å². The van der Waals surface area contributed by atoms with Crippen LogP contribution in [0.2, 0.25) is 0 Å². The van der Waals surface area contributed by atoms with Crippen LogP contribution < -0.4 is 5.73 Å². The normalized spacial score (nSPS) is 17.2. The fourth-order valence-corrected chi connectivity index (χ4v) is 1.84. The lowest BCUT2D eigenvalue weighted by atomic mass is 9.91. The van der Waals surface area contributed by atoms with Crippen LogP contribution in [-0.2, 0) is 5.54 Å². The molecule has 0 aliphatic carbocycles. The van der Waals surface area contributed by atoms with Gasteiger partial charge in [0.25, 0.3) is 0 Å². The quantitative estimate of drug-likeness (QED) is 0.830. The van der Waals surface area contributed by atoms with Crippen molar-refractivity contribution in [2.45, 2.75) is 31.9 Å². The van der Waals surface area contributed by atoms with Gasteiger partial charge in [0.05, 0.1) is 17.3 Å². The zero-order valence-electron chi connectivity index (χ0n) is 8.67. The van der Waals surface area contributed by atoms with Gasteiger partial charge in [0, 0.05) is 0 Å². The van der Waals surface area contributed by atoms with Crippen LogP contribution >= 0.6 is 15.9 Å². The summed E-state index contributed by atoms with van der Waals surface area (Å²) in [5, 5.41) is 9.27. The summed E-state index contributed by atoms with van der Waals surface area (Å²) in [4.78, 5) is 4.00. The zero-order chi connectivity index (χ0) is 11.6. The lowest BCUT2D eigenvalue weighted by molar-refractivity contribution is 0.150. The van der Waals surface area contributed by atoms with Crippen molar-refractivity contribution in [2.24, 2.45) is 5.73 Å². The molecule has 1 heterocycles. The molecule has 1 aromatic heterocycles. The fourth-order valence-electron chi connectivity index (χ4n) is 1.53. The molecule has 0 spiro atoms. The minimum Gasteiger partial charge on any atom is -0.393 e. The summed E-state index contributed by atoms with van der Waals surface area (Å²) < 4.78 is 14.0. The first kappa shape index (κ1) is 12.5. The Hall–Kier alpha value is -0.520. The topological polar surface area (TPSA) is 59.1 Å². The van der Waals surface area contributed by atoms with Gasteiger partial charge < -0.3 is 10.8 Å². The van der Waals surface area contributed by atoms with E-state index in [4.69, 9.17) is 5.73 Å². The van der Waals surface area contributed by atoms with Crippen molar-refractivity contribution >= 4 is 15.9 Å².